The van der Waals surface area contributed by atoms with Crippen LogP contribution in [0.15, 0.2) is 61.1 Å². The smallest absolute Gasteiger partial charge is 0.274 e. The van der Waals surface area contributed by atoms with Gasteiger partial charge in [-0.15, -0.1) is 0 Å². The number of hydrogen-bond donors (Lipinski definition) is 3. The highest BCUT2D eigenvalue weighted by Gasteiger charge is 2.10. The molecule has 0 unspecified atom stereocenters. The zero-order chi connectivity index (χ0) is 20.2. The van der Waals surface area contributed by atoms with Gasteiger partial charge < -0.3 is 15.6 Å². The van der Waals surface area contributed by atoms with Gasteiger partial charge in [-0.25, -0.2) is 9.97 Å². The van der Waals surface area contributed by atoms with E-state index in [-0.39, 0.29) is 5.91 Å². The van der Waals surface area contributed by atoms with Crippen LogP contribution in [0, 0.1) is 13.8 Å². The molecule has 0 aliphatic carbocycles. The molecule has 2 aromatic carbocycles. The van der Waals surface area contributed by atoms with Crippen LogP contribution in [0.3, 0.4) is 0 Å². The fraction of sp³-hybridized carbons (Fsp3) is 0.174. The Morgan fingerprint density at radius 1 is 1.03 bits per heavy atom. The molecule has 2 heterocycles. The summed E-state index contributed by atoms with van der Waals surface area (Å²) < 4.78 is 0. The molecule has 4 aromatic rings. The van der Waals surface area contributed by atoms with E-state index in [1.54, 1.807) is 6.07 Å². The predicted molar refractivity (Wildman–Crippen MR) is 116 cm³/mol. The Bertz CT molecular complexity index is 1160. The molecule has 29 heavy (non-hydrogen) atoms. The molecule has 0 bridgehead atoms. The summed E-state index contributed by atoms with van der Waals surface area (Å²) in [6.45, 7) is 4.77. The Hall–Kier alpha value is -3.67. The van der Waals surface area contributed by atoms with E-state index < -0.39 is 0 Å². The van der Waals surface area contributed by atoms with Crippen molar-refractivity contribution in [3.8, 4) is 0 Å². The zero-order valence-electron chi connectivity index (χ0n) is 16.5. The van der Waals surface area contributed by atoms with Crippen molar-refractivity contribution in [2.24, 2.45) is 0 Å². The molecule has 0 spiro atoms. The number of aryl methyl sites for hydroxylation is 2. The second-order valence-corrected chi connectivity index (χ2v) is 7.08. The van der Waals surface area contributed by atoms with E-state index in [1.807, 2.05) is 50.4 Å². The van der Waals surface area contributed by atoms with Crippen LogP contribution < -0.4 is 10.6 Å². The number of para-hydroxylation sites is 1. The molecule has 0 saturated carbocycles. The molecule has 146 valence electrons. The van der Waals surface area contributed by atoms with Crippen molar-refractivity contribution in [1.82, 2.24) is 15.0 Å². The van der Waals surface area contributed by atoms with E-state index in [2.05, 4.69) is 37.7 Å². The number of nitrogens with zero attached hydrogens (tertiary/aromatic N) is 2. The number of carbonyl (C=O) groups excluding carboxylic acids is 1. The average molecular weight is 385 g/mol. The third kappa shape index (κ3) is 4.27. The quantitative estimate of drug-likeness (QED) is 0.457. The van der Waals surface area contributed by atoms with E-state index >= 15 is 0 Å². The van der Waals surface area contributed by atoms with Gasteiger partial charge in [-0.05, 0) is 55.2 Å². The van der Waals surface area contributed by atoms with E-state index in [4.69, 9.17) is 0 Å². The number of aromatic amines is 1. The first-order valence-corrected chi connectivity index (χ1v) is 9.59. The van der Waals surface area contributed by atoms with Gasteiger partial charge in [-0.3, -0.25) is 4.79 Å². The third-order valence-electron chi connectivity index (χ3n) is 5.04. The molecule has 6 nitrogen and oxygen atoms in total. The van der Waals surface area contributed by atoms with Gasteiger partial charge in [-0.1, -0.05) is 24.3 Å². The van der Waals surface area contributed by atoms with Crippen molar-refractivity contribution in [2.75, 3.05) is 17.2 Å². The number of rotatable bonds is 6. The Labute approximate surface area is 169 Å². The Morgan fingerprint density at radius 3 is 2.76 bits per heavy atom. The van der Waals surface area contributed by atoms with E-state index in [1.165, 1.54) is 22.8 Å². The zero-order valence-corrected chi connectivity index (χ0v) is 16.5. The molecule has 4 rings (SSSR count). The maximum absolute atomic E-state index is 12.5. The van der Waals surface area contributed by atoms with E-state index in [0.717, 1.165) is 23.2 Å². The molecule has 0 radical (unpaired) electrons. The molecule has 0 fully saturated rings. The van der Waals surface area contributed by atoms with Crippen LogP contribution >= 0.6 is 0 Å². The van der Waals surface area contributed by atoms with Gasteiger partial charge in [0, 0.05) is 35.4 Å². The van der Waals surface area contributed by atoms with Crippen LogP contribution in [0.5, 0.6) is 0 Å². The topological polar surface area (TPSA) is 82.7 Å². The minimum absolute atomic E-state index is 0.254. The summed E-state index contributed by atoms with van der Waals surface area (Å²) in [6, 6.07) is 15.7. The summed E-state index contributed by atoms with van der Waals surface area (Å²) in [4.78, 5) is 24.2. The number of fused-ring (bicyclic) bond motifs is 1. The van der Waals surface area contributed by atoms with Crippen LogP contribution in [0.2, 0.25) is 0 Å². The molecular formula is C23H23N5O. The third-order valence-corrected chi connectivity index (χ3v) is 5.04. The van der Waals surface area contributed by atoms with Crippen LogP contribution in [-0.4, -0.2) is 27.4 Å². The van der Waals surface area contributed by atoms with Gasteiger partial charge in [0.25, 0.3) is 5.91 Å². The maximum Gasteiger partial charge on any atom is 0.274 e. The highest BCUT2D eigenvalue weighted by atomic mass is 16.1. The lowest BCUT2D eigenvalue weighted by atomic mass is 10.1. The van der Waals surface area contributed by atoms with Crippen LogP contribution in [-0.2, 0) is 6.42 Å². The van der Waals surface area contributed by atoms with Gasteiger partial charge in [0.05, 0.1) is 0 Å². The van der Waals surface area contributed by atoms with Gasteiger partial charge >= 0.3 is 0 Å². The molecule has 0 atom stereocenters. The fourth-order valence-electron chi connectivity index (χ4n) is 3.26. The molecule has 0 aliphatic rings. The number of carbonyl (C=O) groups is 1. The summed E-state index contributed by atoms with van der Waals surface area (Å²) in [5.41, 5.74) is 5.78. The van der Waals surface area contributed by atoms with E-state index in [0.29, 0.717) is 18.1 Å². The average Bonchev–Trinajstić information content (AvgIpc) is 3.14. The Balaban J connectivity index is 1.39. The summed E-state index contributed by atoms with van der Waals surface area (Å²) in [7, 11) is 0. The van der Waals surface area contributed by atoms with Crippen molar-refractivity contribution in [2.45, 2.75) is 20.3 Å². The van der Waals surface area contributed by atoms with Crippen molar-refractivity contribution in [1.29, 1.82) is 0 Å². The number of nitrogens with one attached hydrogen (secondary N) is 3. The minimum atomic E-state index is -0.254. The second kappa shape index (κ2) is 8.14. The first-order valence-electron chi connectivity index (χ1n) is 9.59. The first kappa shape index (κ1) is 18.7. The van der Waals surface area contributed by atoms with Crippen LogP contribution in [0.25, 0.3) is 10.9 Å². The van der Waals surface area contributed by atoms with E-state index in [9.17, 15) is 4.79 Å². The highest BCUT2D eigenvalue weighted by Crippen LogP contribution is 2.18. The van der Waals surface area contributed by atoms with Gasteiger partial charge in [0.2, 0.25) is 0 Å². The monoisotopic (exact) mass is 385 g/mol. The largest absolute Gasteiger partial charge is 0.370 e. The summed E-state index contributed by atoms with van der Waals surface area (Å²) in [6.07, 6.45) is 4.29. The standard InChI is InChI=1S/C23H23N5O/c1-15-7-8-18(11-16(15)2)28-23(29)21-12-22(27-14-26-21)24-10-9-17-13-25-20-6-4-3-5-19(17)20/h3-8,11-14,25H,9-10H2,1-2H3,(H,28,29)(H,24,26,27). The molecule has 0 saturated heterocycles. The van der Waals surface area contributed by atoms with Gasteiger partial charge in [0.1, 0.15) is 17.8 Å². The molecule has 3 N–H and O–H groups in total. The normalized spacial score (nSPS) is 10.8. The van der Waals surface area contributed by atoms with Crippen molar-refractivity contribution >= 4 is 28.3 Å². The lowest BCUT2D eigenvalue weighted by Crippen LogP contribution is -2.15. The number of amides is 1. The van der Waals surface area contributed by atoms with Crippen LogP contribution in [0.4, 0.5) is 11.5 Å². The van der Waals surface area contributed by atoms with Crippen LogP contribution in [0.1, 0.15) is 27.2 Å². The number of hydrogen-bond acceptors (Lipinski definition) is 4. The summed E-state index contributed by atoms with van der Waals surface area (Å²) >= 11 is 0. The number of H-pyrrole nitrogens is 1. The highest BCUT2D eigenvalue weighted by molar-refractivity contribution is 6.03. The number of anilines is 2. The van der Waals surface area contributed by atoms with Crippen molar-refractivity contribution < 1.29 is 4.79 Å². The first-order chi connectivity index (χ1) is 14.1. The number of aromatic nitrogens is 3. The molecule has 0 aliphatic heterocycles. The minimum Gasteiger partial charge on any atom is -0.370 e. The second-order valence-electron chi connectivity index (χ2n) is 7.08. The Morgan fingerprint density at radius 2 is 1.90 bits per heavy atom. The summed E-state index contributed by atoms with van der Waals surface area (Å²) in [5.74, 6) is 0.375. The molecule has 2 aromatic heterocycles. The molecule has 6 heteroatoms. The van der Waals surface area contributed by atoms with Crippen molar-refractivity contribution in [3.63, 3.8) is 0 Å². The Kier molecular flexibility index (Phi) is 5.24. The van der Waals surface area contributed by atoms with Gasteiger partial charge in [-0.2, -0.15) is 0 Å². The predicted octanol–water partition coefficient (Wildman–Crippen LogP) is 4.48. The molecule has 1 amide bonds. The van der Waals surface area contributed by atoms with Gasteiger partial charge in [0.15, 0.2) is 0 Å². The molecular weight excluding hydrogens is 362 g/mol. The number of benzene rings is 2. The fourth-order valence-corrected chi connectivity index (χ4v) is 3.26. The lowest BCUT2D eigenvalue weighted by molar-refractivity contribution is 0.102. The van der Waals surface area contributed by atoms with Crippen molar-refractivity contribution in [3.05, 3.63) is 83.4 Å². The lowest BCUT2D eigenvalue weighted by Gasteiger charge is -2.09. The maximum atomic E-state index is 12.5. The summed E-state index contributed by atoms with van der Waals surface area (Å²) in [5, 5.41) is 7.40. The SMILES string of the molecule is Cc1ccc(NC(=O)c2cc(NCCc3c[nH]c4ccccc34)ncn2)cc1C.